The fraction of sp³-hybridized carbons (Fsp3) is 0.979. The highest BCUT2D eigenvalue weighted by atomic mass is 32.3. The van der Waals surface area contributed by atoms with E-state index in [1.54, 1.807) is 0 Å². The van der Waals surface area contributed by atoms with Crippen LogP contribution in [0, 0.1) is 0 Å². The fourth-order valence-electron chi connectivity index (χ4n) is 8.63. The molecule has 2 rings (SSSR count). The summed E-state index contributed by atoms with van der Waals surface area (Å²) in [5, 5.41) is 71.5. The molecule has 2 heterocycles. The van der Waals surface area contributed by atoms with Gasteiger partial charge in [0.25, 0.3) is 0 Å². The maximum Gasteiger partial charge on any atom is 0.364 e. The Kier molecular flexibility index (Phi) is 31.5. The molecule has 0 amide bonds. The van der Waals surface area contributed by atoms with E-state index in [0.717, 1.165) is 43.2 Å². The number of aromatic nitrogens is 4. The number of rotatable bonds is 40. The molecule has 8 atom stereocenters. The van der Waals surface area contributed by atoms with Crippen molar-refractivity contribution in [2.75, 3.05) is 36.7 Å². The van der Waals surface area contributed by atoms with E-state index in [-0.39, 0.29) is 0 Å². The van der Waals surface area contributed by atoms with E-state index >= 15 is 0 Å². The predicted octanol–water partition coefficient (Wildman–Crippen LogP) is 7.94. The monoisotopic (exact) mass is 891 g/mol. The van der Waals surface area contributed by atoms with Gasteiger partial charge in [-0.3, -0.25) is 0 Å². The number of hydrogen-bond acceptors (Lipinski definition) is 11. The Hall–Kier alpha value is -1.10. The zero-order valence-electron chi connectivity index (χ0n) is 39.3. The summed E-state index contributed by atoms with van der Waals surface area (Å²) in [5.74, 6) is 4.16. The third kappa shape index (κ3) is 22.6. The molecule has 6 N–H and O–H groups in total. The highest BCUT2D eigenvalue weighted by Crippen LogP contribution is 2.47. The molecule has 0 bridgehead atoms. The first-order chi connectivity index (χ1) is 29.5. The molecule has 61 heavy (non-hydrogen) atoms. The molecule has 5 unspecified atom stereocenters. The lowest BCUT2D eigenvalue weighted by molar-refractivity contribution is -0.304. The van der Waals surface area contributed by atoms with E-state index < -0.39 is 77.9 Å². The standard InChI is InChI=1S/C47H94N4O9S/c1-5-8-11-14-15-16-17-18-19-20-22-27-32-40(53)42(54)39(38-59-46-45(57)44(56)43(55)41(37-52)60-46)51-47(58)50(48-49-51)33-28-23-21-26-31-36-61(4,34-29-24-12-9-6-2)35-30-25-13-10-7-3/h39-46,52-57H,5-38H2,1-4H3/t39-,40+,41?,42-,43?,44?,45?,46?/m0/s1. The summed E-state index contributed by atoms with van der Waals surface area (Å²) in [6, 6.07) is -1.18. The minimum absolute atomic E-state index is 0.316. The number of aryl methyl sites for hydroxylation is 1. The van der Waals surface area contributed by atoms with Gasteiger partial charge in [0.15, 0.2) is 6.29 Å². The second-order valence-corrected chi connectivity index (χ2v) is 22.6. The van der Waals surface area contributed by atoms with Gasteiger partial charge in [0.1, 0.15) is 36.6 Å². The van der Waals surface area contributed by atoms with Gasteiger partial charge < -0.3 is 40.1 Å². The molecule has 362 valence electrons. The molecule has 1 aliphatic rings. The summed E-state index contributed by atoms with van der Waals surface area (Å²) in [6.07, 6.45) is 25.5. The summed E-state index contributed by atoms with van der Waals surface area (Å²) in [5.41, 5.74) is -0.545. The van der Waals surface area contributed by atoms with Gasteiger partial charge in [0.05, 0.1) is 19.3 Å². The molecule has 1 aromatic heterocycles. The number of aliphatic hydroxyl groups excluding tert-OH is 6. The molecule has 0 spiro atoms. The smallest absolute Gasteiger partial charge is 0.364 e. The Morgan fingerprint density at radius 1 is 0.623 bits per heavy atom. The SMILES string of the molecule is CCCCCCCCCCCCCC[C@@H](O)[C@@H](O)[C@H](COC1OC(CO)C(O)C(O)C1O)n1nnn(CCCCCCCS(C)(CCCCCCC)CCCCCCC)c1=O. The predicted molar refractivity (Wildman–Crippen MR) is 249 cm³/mol. The zero-order chi connectivity index (χ0) is 44.7. The van der Waals surface area contributed by atoms with Gasteiger partial charge in [-0.25, -0.2) is 14.8 Å². The summed E-state index contributed by atoms with van der Waals surface area (Å²) >= 11 is 0. The summed E-state index contributed by atoms with van der Waals surface area (Å²) in [6.45, 7) is 6.11. The van der Waals surface area contributed by atoms with Crippen LogP contribution in [0.3, 0.4) is 0 Å². The number of tetrazole rings is 1. The van der Waals surface area contributed by atoms with Gasteiger partial charge in [-0.15, -0.1) is 0 Å². The molecular formula is C47H94N4O9S. The molecule has 0 aromatic carbocycles. The molecular weight excluding hydrogens is 797 g/mol. The van der Waals surface area contributed by atoms with Crippen LogP contribution in [0.1, 0.15) is 207 Å². The van der Waals surface area contributed by atoms with Crippen LogP contribution in [0.4, 0.5) is 0 Å². The van der Waals surface area contributed by atoms with Gasteiger partial charge in [0, 0.05) is 6.54 Å². The minimum atomic E-state index is -1.66. The van der Waals surface area contributed by atoms with E-state index in [4.69, 9.17) is 9.47 Å². The van der Waals surface area contributed by atoms with Crippen LogP contribution >= 0.6 is 10.0 Å². The highest BCUT2D eigenvalue weighted by Gasteiger charge is 2.45. The van der Waals surface area contributed by atoms with Crippen LogP contribution in [-0.2, 0) is 16.0 Å². The molecule has 0 radical (unpaired) electrons. The van der Waals surface area contributed by atoms with Crippen molar-refractivity contribution in [3.63, 3.8) is 0 Å². The van der Waals surface area contributed by atoms with Crippen LogP contribution in [0.15, 0.2) is 4.79 Å². The van der Waals surface area contributed by atoms with E-state index in [9.17, 15) is 35.4 Å². The van der Waals surface area contributed by atoms with Crippen molar-refractivity contribution in [1.29, 1.82) is 0 Å². The summed E-state index contributed by atoms with van der Waals surface area (Å²) in [7, 11) is -0.585. The van der Waals surface area contributed by atoms with Crippen molar-refractivity contribution in [1.82, 2.24) is 19.8 Å². The Morgan fingerprint density at radius 3 is 1.54 bits per heavy atom. The molecule has 14 heteroatoms. The van der Waals surface area contributed by atoms with Gasteiger partial charge in [-0.2, -0.15) is 9.36 Å². The molecule has 0 saturated carbocycles. The maximum atomic E-state index is 13.7. The summed E-state index contributed by atoms with van der Waals surface area (Å²) < 4.78 is 13.6. The lowest BCUT2D eigenvalue weighted by atomic mass is 9.98. The number of ether oxygens (including phenoxy) is 2. The first-order valence-corrected chi connectivity index (χ1v) is 27.6. The van der Waals surface area contributed by atoms with Gasteiger partial charge >= 0.3 is 5.69 Å². The van der Waals surface area contributed by atoms with Gasteiger partial charge in [-0.1, -0.05) is 168 Å². The Balaban J connectivity index is 1.93. The van der Waals surface area contributed by atoms with Crippen molar-refractivity contribution in [3.05, 3.63) is 10.5 Å². The van der Waals surface area contributed by atoms with E-state index in [2.05, 4.69) is 37.5 Å². The second-order valence-electron chi connectivity index (χ2n) is 18.4. The molecule has 0 aliphatic carbocycles. The Bertz CT molecular complexity index is 1220. The number of hydrogen-bond donors (Lipinski definition) is 6. The van der Waals surface area contributed by atoms with Crippen molar-refractivity contribution in [3.8, 4) is 0 Å². The molecule has 13 nitrogen and oxygen atoms in total. The number of nitrogens with zero attached hydrogens (tertiary/aromatic N) is 4. The van der Waals surface area contributed by atoms with E-state index in [0.29, 0.717) is 19.4 Å². The van der Waals surface area contributed by atoms with Gasteiger partial charge in [0.2, 0.25) is 0 Å². The van der Waals surface area contributed by atoms with Crippen LogP contribution < -0.4 is 5.69 Å². The van der Waals surface area contributed by atoms with Crippen molar-refractivity contribution in [2.24, 2.45) is 0 Å². The van der Waals surface area contributed by atoms with Crippen molar-refractivity contribution < 1.29 is 40.1 Å². The molecule has 1 saturated heterocycles. The Morgan fingerprint density at radius 2 is 1.07 bits per heavy atom. The van der Waals surface area contributed by atoms with Crippen LogP contribution in [-0.4, -0.2) is 130 Å². The quantitative estimate of drug-likeness (QED) is 0.0351. The van der Waals surface area contributed by atoms with Gasteiger partial charge in [-0.05, 0) is 66.0 Å². The Labute approximate surface area is 372 Å². The van der Waals surface area contributed by atoms with Crippen LogP contribution in [0.2, 0.25) is 0 Å². The van der Waals surface area contributed by atoms with Crippen LogP contribution in [0.25, 0.3) is 0 Å². The lowest BCUT2D eigenvalue weighted by Gasteiger charge is -2.40. The van der Waals surface area contributed by atoms with Crippen molar-refractivity contribution >= 4 is 10.0 Å². The number of unbranched alkanes of at least 4 members (excludes halogenated alkanes) is 23. The molecule has 1 fully saturated rings. The first kappa shape index (κ1) is 56.0. The fourth-order valence-corrected chi connectivity index (χ4v) is 11.9. The number of aliphatic hydroxyl groups is 6. The zero-order valence-corrected chi connectivity index (χ0v) is 40.1. The highest BCUT2D eigenvalue weighted by molar-refractivity contribution is 8.33. The third-order valence-electron chi connectivity index (χ3n) is 12.9. The normalized spacial score (nSPS) is 21.5. The lowest BCUT2D eigenvalue weighted by Crippen LogP contribution is -2.59. The van der Waals surface area contributed by atoms with Crippen molar-refractivity contribution in [2.45, 2.75) is 256 Å². The topological polar surface area (TPSA) is 193 Å². The van der Waals surface area contributed by atoms with E-state index in [1.165, 1.54) is 150 Å². The first-order valence-electron chi connectivity index (χ1n) is 25.0. The van der Waals surface area contributed by atoms with Crippen LogP contribution in [0.5, 0.6) is 0 Å². The summed E-state index contributed by atoms with van der Waals surface area (Å²) in [4.78, 5) is 13.7. The average Bonchev–Trinajstić information content (AvgIpc) is 3.62. The average molecular weight is 891 g/mol. The maximum absolute atomic E-state index is 13.7. The minimum Gasteiger partial charge on any atom is -0.394 e. The van der Waals surface area contributed by atoms with E-state index in [1.807, 2.05) is 0 Å². The molecule has 1 aromatic rings. The second kappa shape index (κ2) is 34.3. The largest absolute Gasteiger partial charge is 0.394 e. The molecule has 1 aliphatic heterocycles. The third-order valence-corrected chi connectivity index (χ3v) is 16.7.